The maximum absolute atomic E-state index is 13.0. The molecular formula is C15H9F4NO4. The molecule has 0 saturated heterocycles. The van der Waals surface area contributed by atoms with Gasteiger partial charge in [-0.3, -0.25) is 4.79 Å². The molecule has 1 aliphatic rings. The van der Waals surface area contributed by atoms with Crippen molar-refractivity contribution < 1.29 is 36.6 Å². The second kappa shape index (κ2) is 5.91. The third-order valence-electron chi connectivity index (χ3n) is 2.95. The van der Waals surface area contributed by atoms with Crippen LogP contribution >= 0.6 is 0 Å². The van der Waals surface area contributed by atoms with Crippen molar-refractivity contribution in [3.63, 3.8) is 0 Å². The molecule has 0 spiro atoms. The highest BCUT2D eigenvalue weighted by atomic mass is 19.3. The number of alkyl halides is 2. The Labute approximate surface area is 132 Å². The van der Waals surface area contributed by atoms with E-state index in [1.807, 2.05) is 0 Å². The molecule has 0 bridgehead atoms. The van der Waals surface area contributed by atoms with E-state index in [-0.39, 0.29) is 22.9 Å². The molecule has 2 aromatic carbocycles. The maximum atomic E-state index is 13.0. The molecule has 0 aliphatic carbocycles. The fourth-order valence-corrected chi connectivity index (χ4v) is 1.94. The summed E-state index contributed by atoms with van der Waals surface area (Å²) in [6.07, 6.45) is -3.75. The third kappa shape index (κ3) is 3.50. The Balaban J connectivity index is 1.59. The highest BCUT2D eigenvalue weighted by Crippen LogP contribution is 2.42. The molecule has 0 radical (unpaired) electrons. The Kier molecular flexibility index (Phi) is 3.92. The van der Waals surface area contributed by atoms with Gasteiger partial charge < -0.3 is 19.5 Å². The summed E-state index contributed by atoms with van der Waals surface area (Å²) >= 11 is 0. The van der Waals surface area contributed by atoms with Crippen LogP contribution in [0.3, 0.4) is 0 Å². The lowest BCUT2D eigenvalue weighted by molar-refractivity contribution is -0.286. The molecule has 126 valence electrons. The van der Waals surface area contributed by atoms with Gasteiger partial charge in [-0.1, -0.05) is 0 Å². The number of hydrogen-bond acceptors (Lipinski definition) is 4. The van der Waals surface area contributed by atoms with E-state index in [4.69, 9.17) is 4.74 Å². The van der Waals surface area contributed by atoms with Crippen molar-refractivity contribution in [2.45, 2.75) is 6.29 Å². The second-order valence-electron chi connectivity index (χ2n) is 4.74. The van der Waals surface area contributed by atoms with Crippen LogP contribution in [0.15, 0.2) is 36.4 Å². The predicted molar refractivity (Wildman–Crippen MR) is 73.1 cm³/mol. The average Bonchev–Trinajstić information content (AvgIpc) is 2.81. The second-order valence-corrected chi connectivity index (χ2v) is 4.74. The Morgan fingerprint density at radius 1 is 1.04 bits per heavy atom. The van der Waals surface area contributed by atoms with Gasteiger partial charge in [0.1, 0.15) is 5.75 Å². The molecule has 1 N–H and O–H groups in total. The SMILES string of the molecule is O=C(COc1ccc(F)c(F)c1)Nc1ccc2c(c1)OC(F)(F)O2. The summed E-state index contributed by atoms with van der Waals surface area (Å²) in [7, 11) is 0. The summed E-state index contributed by atoms with van der Waals surface area (Å²) in [4.78, 5) is 11.7. The van der Waals surface area contributed by atoms with E-state index < -0.39 is 30.4 Å². The number of nitrogens with one attached hydrogen (secondary N) is 1. The lowest BCUT2D eigenvalue weighted by atomic mass is 10.3. The number of benzene rings is 2. The summed E-state index contributed by atoms with van der Waals surface area (Å²) in [5.74, 6) is -3.19. The van der Waals surface area contributed by atoms with Gasteiger partial charge in [0.05, 0.1) is 0 Å². The molecule has 2 aromatic rings. The molecule has 0 unspecified atom stereocenters. The van der Waals surface area contributed by atoms with Crippen LogP contribution in [0, 0.1) is 11.6 Å². The molecule has 1 amide bonds. The van der Waals surface area contributed by atoms with Gasteiger partial charge in [-0.25, -0.2) is 8.78 Å². The normalized spacial score (nSPS) is 14.3. The fraction of sp³-hybridized carbons (Fsp3) is 0.133. The molecule has 0 atom stereocenters. The summed E-state index contributed by atoms with van der Waals surface area (Å²) in [6.45, 7) is -0.490. The van der Waals surface area contributed by atoms with Gasteiger partial charge in [-0.15, -0.1) is 8.78 Å². The first kappa shape index (κ1) is 15.9. The first-order chi connectivity index (χ1) is 11.3. The minimum Gasteiger partial charge on any atom is -0.484 e. The van der Waals surface area contributed by atoms with Crippen molar-refractivity contribution in [1.82, 2.24) is 0 Å². The number of fused-ring (bicyclic) bond motifs is 1. The molecule has 1 heterocycles. The zero-order valence-electron chi connectivity index (χ0n) is 11.8. The molecule has 1 aliphatic heterocycles. The van der Waals surface area contributed by atoms with E-state index >= 15 is 0 Å². The number of ether oxygens (including phenoxy) is 3. The molecule has 5 nitrogen and oxygen atoms in total. The van der Waals surface area contributed by atoms with Crippen molar-refractivity contribution in [2.24, 2.45) is 0 Å². The van der Waals surface area contributed by atoms with Crippen molar-refractivity contribution >= 4 is 11.6 Å². The van der Waals surface area contributed by atoms with Gasteiger partial charge in [0.25, 0.3) is 5.91 Å². The number of carbonyl (C=O) groups is 1. The minimum absolute atomic E-state index is 0.0330. The summed E-state index contributed by atoms with van der Waals surface area (Å²) in [6, 6.07) is 6.52. The molecule has 3 rings (SSSR count). The first-order valence-electron chi connectivity index (χ1n) is 6.60. The van der Waals surface area contributed by atoms with E-state index in [1.165, 1.54) is 12.1 Å². The van der Waals surface area contributed by atoms with Crippen LogP contribution in [0.2, 0.25) is 0 Å². The van der Waals surface area contributed by atoms with E-state index in [9.17, 15) is 22.4 Å². The van der Waals surface area contributed by atoms with Gasteiger partial charge in [-0.05, 0) is 24.3 Å². The number of amides is 1. The number of rotatable bonds is 4. The highest BCUT2D eigenvalue weighted by molar-refractivity contribution is 5.92. The molecule has 0 fully saturated rings. The zero-order valence-corrected chi connectivity index (χ0v) is 11.8. The number of anilines is 1. The van der Waals surface area contributed by atoms with Crippen molar-refractivity contribution in [2.75, 3.05) is 11.9 Å². The van der Waals surface area contributed by atoms with Crippen molar-refractivity contribution in [3.8, 4) is 17.2 Å². The van der Waals surface area contributed by atoms with Gasteiger partial charge in [0.15, 0.2) is 29.7 Å². The molecular weight excluding hydrogens is 334 g/mol. The van der Waals surface area contributed by atoms with Crippen LogP contribution < -0.4 is 19.5 Å². The van der Waals surface area contributed by atoms with E-state index in [1.54, 1.807) is 0 Å². The van der Waals surface area contributed by atoms with Crippen LogP contribution in [0.1, 0.15) is 0 Å². The Morgan fingerprint density at radius 2 is 1.79 bits per heavy atom. The standard InChI is InChI=1S/C15H9F4NO4/c16-10-3-2-9(6-11(10)17)22-7-14(21)20-8-1-4-12-13(5-8)24-15(18,19)23-12/h1-6H,7H2,(H,20,21). The molecule has 9 heteroatoms. The topological polar surface area (TPSA) is 56.8 Å². The number of hydrogen-bond donors (Lipinski definition) is 1. The van der Waals surface area contributed by atoms with Crippen LogP contribution in [-0.2, 0) is 4.79 Å². The van der Waals surface area contributed by atoms with Crippen molar-refractivity contribution in [3.05, 3.63) is 48.0 Å². The van der Waals surface area contributed by atoms with E-state index in [0.717, 1.165) is 24.3 Å². The third-order valence-corrected chi connectivity index (χ3v) is 2.95. The van der Waals surface area contributed by atoms with E-state index in [0.29, 0.717) is 0 Å². The van der Waals surface area contributed by atoms with Gasteiger partial charge in [0.2, 0.25) is 0 Å². The highest BCUT2D eigenvalue weighted by Gasteiger charge is 2.43. The maximum Gasteiger partial charge on any atom is 0.586 e. The molecule has 0 aromatic heterocycles. The first-order valence-corrected chi connectivity index (χ1v) is 6.60. The number of carbonyl (C=O) groups excluding carboxylic acids is 1. The van der Waals surface area contributed by atoms with Gasteiger partial charge >= 0.3 is 6.29 Å². The van der Waals surface area contributed by atoms with Crippen molar-refractivity contribution in [1.29, 1.82) is 0 Å². The fourth-order valence-electron chi connectivity index (χ4n) is 1.94. The Hall–Kier alpha value is -2.97. The molecule has 0 saturated carbocycles. The predicted octanol–water partition coefficient (Wildman–Crippen LogP) is 3.30. The zero-order chi connectivity index (χ0) is 17.3. The largest absolute Gasteiger partial charge is 0.586 e. The number of halogens is 4. The van der Waals surface area contributed by atoms with Crippen LogP contribution in [0.25, 0.3) is 0 Å². The quantitative estimate of drug-likeness (QED) is 0.866. The lowest BCUT2D eigenvalue weighted by Gasteiger charge is -2.08. The average molecular weight is 343 g/mol. The Morgan fingerprint density at radius 3 is 2.54 bits per heavy atom. The monoisotopic (exact) mass is 343 g/mol. The minimum atomic E-state index is -3.75. The van der Waals surface area contributed by atoms with Gasteiger partial charge in [0, 0.05) is 17.8 Å². The Bertz CT molecular complexity index is 797. The van der Waals surface area contributed by atoms with Crippen LogP contribution in [-0.4, -0.2) is 18.8 Å². The summed E-state index contributed by atoms with van der Waals surface area (Å²) < 4.78 is 65.0. The van der Waals surface area contributed by atoms with Crippen LogP contribution in [0.5, 0.6) is 17.2 Å². The van der Waals surface area contributed by atoms with Gasteiger partial charge in [-0.2, -0.15) is 0 Å². The summed E-state index contributed by atoms with van der Waals surface area (Å²) in [5.41, 5.74) is 0.175. The lowest BCUT2D eigenvalue weighted by Crippen LogP contribution is -2.25. The van der Waals surface area contributed by atoms with Crippen LogP contribution in [0.4, 0.5) is 23.2 Å². The van der Waals surface area contributed by atoms with E-state index in [2.05, 4.69) is 14.8 Å². The molecule has 24 heavy (non-hydrogen) atoms. The summed E-state index contributed by atoms with van der Waals surface area (Å²) in [5, 5.41) is 2.38. The smallest absolute Gasteiger partial charge is 0.484 e.